The van der Waals surface area contributed by atoms with Crippen LogP contribution in [0.2, 0.25) is 0 Å². The van der Waals surface area contributed by atoms with Gasteiger partial charge in [0, 0.05) is 13.1 Å². The Morgan fingerprint density at radius 3 is 2.12 bits per heavy atom. The van der Waals surface area contributed by atoms with E-state index in [1.165, 1.54) is 6.08 Å². The summed E-state index contributed by atoms with van der Waals surface area (Å²) >= 11 is 0. The third kappa shape index (κ3) is 7.52. The van der Waals surface area contributed by atoms with Gasteiger partial charge in [0.05, 0.1) is 0 Å². The average molecular weight is 356 g/mol. The first-order valence-electron chi connectivity index (χ1n) is 8.86. The Balaban J connectivity index is 2.73. The van der Waals surface area contributed by atoms with Crippen molar-refractivity contribution in [3.63, 3.8) is 0 Å². The van der Waals surface area contributed by atoms with Crippen LogP contribution < -0.4 is 0 Å². The minimum absolute atomic E-state index is 0.124. The van der Waals surface area contributed by atoms with Crippen molar-refractivity contribution in [3.8, 4) is 6.07 Å². The minimum Gasteiger partial charge on any atom is -0.451 e. The predicted molar refractivity (Wildman–Crippen MR) is 102 cm³/mol. The number of hydrogen-bond donors (Lipinski definition) is 0. The van der Waals surface area contributed by atoms with Gasteiger partial charge in [-0.2, -0.15) is 5.26 Å². The normalized spacial score (nSPS) is 11.4. The van der Waals surface area contributed by atoms with Gasteiger partial charge in [0.1, 0.15) is 11.6 Å². The van der Waals surface area contributed by atoms with Crippen LogP contribution in [0.5, 0.6) is 0 Å². The molecule has 0 saturated carbocycles. The standard InChI is InChI=1S/C21H28N2O3/c1-15(2)12-23(13-16(3)4)20(24)14-26-21(25)19(11-22)10-18-8-6-17(5)7-9-18/h6-10,15-16H,12-14H2,1-5H3/b19-10+. The van der Waals surface area contributed by atoms with Crippen LogP contribution in [0.4, 0.5) is 0 Å². The highest BCUT2D eigenvalue weighted by atomic mass is 16.5. The largest absolute Gasteiger partial charge is 0.451 e. The van der Waals surface area contributed by atoms with Crippen LogP contribution in [-0.4, -0.2) is 36.5 Å². The molecular weight excluding hydrogens is 328 g/mol. The lowest BCUT2D eigenvalue weighted by molar-refractivity contribution is -0.149. The second-order valence-corrected chi connectivity index (χ2v) is 7.24. The van der Waals surface area contributed by atoms with Gasteiger partial charge in [0.25, 0.3) is 5.91 Å². The van der Waals surface area contributed by atoms with Crippen molar-refractivity contribution in [2.45, 2.75) is 34.6 Å². The van der Waals surface area contributed by atoms with Gasteiger partial charge in [-0.05, 0) is 30.4 Å². The maximum Gasteiger partial charge on any atom is 0.349 e. The summed E-state index contributed by atoms with van der Waals surface area (Å²) < 4.78 is 5.08. The van der Waals surface area contributed by atoms with E-state index < -0.39 is 5.97 Å². The van der Waals surface area contributed by atoms with Crippen molar-refractivity contribution in [2.75, 3.05) is 19.7 Å². The number of aryl methyl sites for hydroxylation is 1. The first-order valence-corrected chi connectivity index (χ1v) is 8.86. The SMILES string of the molecule is Cc1ccc(/C=C(\C#N)C(=O)OCC(=O)N(CC(C)C)CC(C)C)cc1. The summed E-state index contributed by atoms with van der Waals surface area (Å²) in [6.45, 7) is 11.0. The van der Waals surface area contributed by atoms with Gasteiger partial charge in [-0.25, -0.2) is 4.79 Å². The fraction of sp³-hybridized carbons (Fsp3) is 0.476. The summed E-state index contributed by atoms with van der Waals surface area (Å²) in [5.41, 5.74) is 1.70. The Morgan fingerprint density at radius 2 is 1.65 bits per heavy atom. The monoisotopic (exact) mass is 356 g/mol. The summed E-state index contributed by atoms with van der Waals surface area (Å²) in [4.78, 5) is 26.2. The van der Waals surface area contributed by atoms with Crippen molar-refractivity contribution in [1.82, 2.24) is 4.90 Å². The second-order valence-electron chi connectivity index (χ2n) is 7.24. The zero-order valence-electron chi connectivity index (χ0n) is 16.3. The molecule has 0 N–H and O–H groups in total. The molecule has 0 spiro atoms. The van der Waals surface area contributed by atoms with Gasteiger partial charge < -0.3 is 9.64 Å². The third-order valence-electron chi connectivity index (χ3n) is 3.58. The Labute approximate surface area is 156 Å². The molecular formula is C21H28N2O3. The van der Waals surface area contributed by atoms with E-state index in [2.05, 4.69) is 0 Å². The van der Waals surface area contributed by atoms with E-state index in [0.29, 0.717) is 24.9 Å². The molecule has 26 heavy (non-hydrogen) atoms. The van der Waals surface area contributed by atoms with Crippen LogP contribution in [0.1, 0.15) is 38.8 Å². The molecule has 0 saturated heterocycles. The molecule has 0 aromatic heterocycles. The first kappa shape index (κ1) is 21.4. The molecule has 0 radical (unpaired) electrons. The number of amides is 1. The second kappa shape index (κ2) is 10.4. The third-order valence-corrected chi connectivity index (χ3v) is 3.58. The zero-order chi connectivity index (χ0) is 19.7. The van der Waals surface area contributed by atoms with Crippen molar-refractivity contribution >= 4 is 18.0 Å². The van der Waals surface area contributed by atoms with E-state index in [1.807, 2.05) is 65.0 Å². The lowest BCUT2D eigenvalue weighted by Crippen LogP contribution is -2.39. The Bertz CT molecular complexity index is 672. The quantitative estimate of drug-likeness (QED) is 0.405. The number of esters is 1. The van der Waals surface area contributed by atoms with Crippen molar-refractivity contribution in [1.29, 1.82) is 5.26 Å². The molecule has 1 amide bonds. The smallest absolute Gasteiger partial charge is 0.349 e. The number of nitrogens with zero attached hydrogens (tertiary/aromatic N) is 2. The Morgan fingerprint density at radius 1 is 1.12 bits per heavy atom. The van der Waals surface area contributed by atoms with Crippen molar-refractivity contribution in [2.24, 2.45) is 11.8 Å². The molecule has 0 unspecified atom stereocenters. The number of hydrogen-bond acceptors (Lipinski definition) is 4. The minimum atomic E-state index is -0.782. The van der Waals surface area contributed by atoms with E-state index in [9.17, 15) is 14.9 Å². The van der Waals surface area contributed by atoms with Crippen LogP contribution in [0.3, 0.4) is 0 Å². The predicted octanol–water partition coefficient (Wildman–Crippen LogP) is 3.59. The number of ether oxygens (including phenoxy) is 1. The number of rotatable bonds is 8. The fourth-order valence-electron chi connectivity index (χ4n) is 2.42. The van der Waals surface area contributed by atoms with Crippen LogP contribution >= 0.6 is 0 Å². The maximum absolute atomic E-state index is 12.4. The number of carbonyl (C=O) groups is 2. The summed E-state index contributed by atoms with van der Waals surface area (Å²) in [5.74, 6) is -0.377. The molecule has 0 aliphatic heterocycles. The number of nitriles is 1. The summed E-state index contributed by atoms with van der Waals surface area (Å²) in [7, 11) is 0. The van der Waals surface area contributed by atoms with Gasteiger partial charge in [0.2, 0.25) is 0 Å². The highest BCUT2D eigenvalue weighted by Gasteiger charge is 2.19. The molecule has 0 bridgehead atoms. The van der Waals surface area contributed by atoms with Crippen LogP contribution in [-0.2, 0) is 14.3 Å². The van der Waals surface area contributed by atoms with E-state index in [0.717, 1.165) is 11.1 Å². The van der Waals surface area contributed by atoms with Gasteiger partial charge in [-0.3, -0.25) is 4.79 Å². The van der Waals surface area contributed by atoms with Crippen molar-refractivity contribution < 1.29 is 14.3 Å². The number of benzene rings is 1. The van der Waals surface area contributed by atoms with Crippen LogP contribution in [0, 0.1) is 30.1 Å². The lowest BCUT2D eigenvalue weighted by Gasteiger charge is -2.26. The summed E-state index contributed by atoms with van der Waals surface area (Å²) in [6.07, 6.45) is 1.46. The fourth-order valence-corrected chi connectivity index (χ4v) is 2.42. The van der Waals surface area contributed by atoms with Gasteiger partial charge in [-0.1, -0.05) is 57.5 Å². The van der Waals surface area contributed by atoms with E-state index in [-0.39, 0.29) is 18.1 Å². The van der Waals surface area contributed by atoms with Crippen LogP contribution in [0.25, 0.3) is 6.08 Å². The molecule has 0 atom stereocenters. The molecule has 5 nitrogen and oxygen atoms in total. The van der Waals surface area contributed by atoms with Gasteiger partial charge in [0.15, 0.2) is 6.61 Å². The summed E-state index contributed by atoms with van der Waals surface area (Å²) in [6, 6.07) is 9.27. The molecule has 1 rings (SSSR count). The molecule has 140 valence electrons. The lowest BCUT2D eigenvalue weighted by atomic mass is 10.1. The maximum atomic E-state index is 12.4. The van der Waals surface area contributed by atoms with Crippen LogP contribution in [0.15, 0.2) is 29.8 Å². The van der Waals surface area contributed by atoms with E-state index in [4.69, 9.17) is 4.74 Å². The first-order chi connectivity index (χ1) is 12.2. The van der Waals surface area contributed by atoms with Crippen molar-refractivity contribution in [3.05, 3.63) is 41.0 Å². The Kier molecular flexibility index (Phi) is 8.57. The molecule has 1 aromatic carbocycles. The van der Waals surface area contributed by atoms with Gasteiger partial charge >= 0.3 is 5.97 Å². The molecule has 5 heteroatoms. The number of carbonyl (C=O) groups excluding carboxylic acids is 2. The Hall–Kier alpha value is -2.61. The highest BCUT2D eigenvalue weighted by molar-refractivity contribution is 5.98. The molecule has 0 aliphatic rings. The van der Waals surface area contributed by atoms with E-state index >= 15 is 0 Å². The topological polar surface area (TPSA) is 70.4 Å². The van der Waals surface area contributed by atoms with E-state index in [1.54, 1.807) is 4.90 Å². The molecule has 0 fully saturated rings. The zero-order valence-corrected chi connectivity index (χ0v) is 16.3. The highest BCUT2D eigenvalue weighted by Crippen LogP contribution is 2.10. The summed E-state index contributed by atoms with van der Waals surface area (Å²) in [5, 5.41) is 9.21. The van der Waals surface area contributed by atoms with Gasteiger partial charge in [-0.15, -0.1) is 0 Å². The molecule has 1 aromatic rings. The molecule has 0 heterocycles. The average Bonchev–Trinajstić information content (AvgIpc) is 2.57. The molecule has 0 aliphatic carbocycles.